The highest BCUT2D eigenvalue weighted by Gasteiger charge is 2.14. The molecule has 0 aliphatic rings. The molecule has 29 heteroatoms. The zero-order chi connectivity index (χ0) is 102. The molecule has 716 valence electrons. The maximum absolute atomic E-state index is 11.1. The van der Waals surface area contributed by atoms with Gasteiger partial charge in [0.25, 0.3) is 0 Å². The molecule has 0 fully saturated rings. The number of methoxy groups -OCH3 is 3. The molecule has 0 aliphatic carbocycles. The fourth-order valence-corrected chi connectivity index (χ4v) is 13.4. The van der Waals surface area contributed by atoms with Crippen molar-refractivity contribution in [2.45, 2.75) is 113 Å². The van der Waals surface area contributed by atoms with Crippen molar-refractivity contribution in [1.29, 1.82) is 10.8 Å². The van der Waals surface area contributed by atoms with E-state index in [4.69, 9.17) is 92.6 Å². The van der Waals surface area contributed by atoms with E-state index in [0.717, 1.165) is 73.3 Å². The van der Waals surface area contributed by atoms with Crippen molar-refractivity contribution in [3.05, 3.63) is 432 Å². The number of fused-ring (bicyclic) bond motifs is 1. The minimum atomic E-state index is -3.65. The van der Waals surface area contributed by atoms with Gasteiger partial charge >= 0.3 is 0 Å². The number of benzene rings is 14. The molecule has 136 heavy (non-hydrogen) atoms. The number of anilines is 2. The molecule has 0 heterocycles. The normalized spacial score (nSPS) is 9.93. The fourth-order valence-electron chi connectivity index (χ4n) is 11.8. The molecule has 14 rings (SSSR count). The van der Waals surface area contributed by atoms with Gasteiger partial charge in [0, 0.05) is 81.4 Å². The first kappa shape index (κ1) is 115. The average molecular weight is 1880 g/mol. The number of amidine groups is 2. The predicted molar refractivity (Wildman–Crippen MR) is 553 cm³/mol. The Kier molecular flexibility index (Phi) is 49.7. The summed E-state index contributed by atoms with van der Waals surface area (Å²) >= 11 is 0. The Bertz CT molecular complexity index is 6370. The maximum atomic E-state index is 11.1. The first-order valence-electron chi connectivity index (χ1n) is 42.3. The Morgan fingerprint density at radius 1 is 0.309 bits per heavy atom. The number of primary sulfonamides is 2. The van der Waals surface area contributed by atoms with Gasteiger partial charge in [-0.05, 0) is 242 Å². The lowest BCUT2D eigenvalue weighted by atomic mass is 10.0. The molecule has 14 aromatic carbocycles. The van der Waals surface area contributed by atoms with Crippen LogP contribution in [0.4, 0.5) is 11.4 Å². The predicted octanol–water partition coefficient (Wildman–Crippen LogP) is 16.6. The van der Waals surface area contributed by atoms with E-state index in [1.165, 1.54) is 58.2 Å². The number of nitrogens with two attached hydrogens (primary N) is 12. The van der Waals surface area contributed by atoms with Gasteiger partial charge in [-0.1, -0.05) is 234 Å². The second kappa shape index (κ2) is 59.0. The van der Waals surface area contributed by atoms with Crippen LogP contribution in [0, 0.1) is 93.9 Å². The van der Waals surface area contributed by atoms with E-state index >= 15 is 0 Å². The van der Waals surface area contributed by atoms with Gasteiger partial charge < -0.3 is 76.9 Å². The van der Waals surface area contributed by atoms with E-state index in [1.54, 1.807) is 119 Å². The van der Waals surface area contributed by atoms with Crippen LogP contribution in [0.1, 0.15) is 146 Å². The molecular weight excluding hydrogens is 1750 g/mol. The van der Waals surface area contributed by atoms with Gasteiger partial charge in [-0.3, -0.25) is 34.8 Å². The molecule has 0 radical (unpaired) electrons. The highest BCUT2D eigenvalue weighted by molar-refractivity contribution is 7.89. The number of para-hydroxylation sites is 1. The number of carbonyl (C=O) groups excluding carboxylic acids is 5. The van der Waals surface area contributed by atoms with Crippen LogP contribution in [0.25, 0.3) is 10.8 Å². The van der Waals surface area contributed by atoms with Gasteiger partial charge in [-0.25, -0.2) is 27.1 Å². The van der Waals surface area contributed by atoms with Gasteiger partial charge in [-0.2, -0.15) is 0 Å². The molecule has 5 amide bonds. The largest absolute Gasteiger partial charge is 0.497 e. The summed E-state index contributed by atoms with van der Waals surface area (Å²) in [5.74, 6) is 0.346. The zero-order valence-corrected chi connectivity index (χ0v) is 81.3. The number of nitrogen functional groups attached to an aromatic ring is 3. The highest BCUT2D eigenvalue weighted by Crippen LogP contribution is 2.26. The van der Waals surface area contributed by atoms with Crippen molar-refractivity contribution in [2.75, 3.05) is 32.4 Å². The summed E-state index contributed by atoms with van der Waals surface area (Å²) in [7, 11) is -2.47. The average Bonchev–Trinajstić information content (AvgIpc) is 0.799. The number of rotatable bonds is 17. The molecule has 0 atom stereocenters. The van der Waals surface area contributed by atoms with Crippen molar-refractivity contribution >= 4 is 83.4 Å². The van der Waals surface area contributed by atoms with E-state index in [-0.39, 0.29) is 39.2 Å². The second-order valence-corrected chi connectivity index (χ2v) is 33.8. The first-order chi connectivity index (χ1) is 64.2. The summed E-state index contributed by atoms with van der Waals surface area (Å²) in [6, 6.07) is 95.5. The molecule has 0 saturated carbocycles. The number of amides is 5. The Morgan fingerprint density at radius 3 is 1.12 bits per heavy atom. The summed E-state index contributed by atoms with van der Waals surface area (Å²) in [6.45, 7) is 25.1. The standard InChI is InChI=1S/C15H17NO.C12H12N2O.C9H11NO2.2C8H10N2.C8H11NO3S.3C8H9NO.2C8H11N.C7H9NO2S/c1-12-8-9-15(17-2)10-13(12)11-16-14-6-4-3-5-7-14;1-7-5-10-8(3-2-4-11(10)13)6-9(7)12(14)15;1-6-3-4-7(12-2)5-8(6)9(10)11;1-6-2-4-7(5-3-6)8(9)10;1-6-3-2-4-7(5-6)8(9)10;1-6-3-4-7(12-2)5-8(6)13(9,10)11;1-6-2-4-7(5-3-6)8(9)10;1-6-3-2-4-7(5-6)8(9)10;1-6-4-2-3-5-7(6)8(9)10;1-7-2-4-8(6-9)5-3-7;1-7-3-2-4-8(5-7)6-9;1-6-4-2-3-5-7(6)11(8,9)10/h3-10,16H,11H2,1-2H3;2-6H,13H2,1H3,(H2,14,15);3-5H,1-2H3,(H2,10,11);2*2-5H,1H3,(H3,9,10);3-5H,1-2H3,(H2,9,10,11);3*2-5H,1H3,(H2,9,10);2*2-5H,6,9H2,1H3;2-5H,1H3,(H2,8,9,10). The molecular formula is C107H129N15O12S2. The van der Waals surface area contributed by atoms with Gasteiger partial charge in [-0.15, -0.1) is 0 Å². The third kappa shape index (κ3) is 43.2. The van der Waals surface area contributed by atoms with Gasteiger partial charge in [0.05, 0.1) is 31.1 Å². The third-order valence-corrected chi connectivity index (χ3v) is 21.7. The van der Waals surface area contributed by atoms with Crippen LogP contribution in [-0.2, 0) is 39.7 Å². The Balaban J connectivity index is 0.000000384. The van der Waals surface area contributed by atoms with Crippen molar-refractivity contribution in [1.82, 2.24) is 0 Å². The molecule has 14 aromatic rings. The first-order valence-corrected chi connectivity index (χ1v) is 45.4. The zero-order valence-electron chi connectivity index (χ0n) is 79.7. The number of primary amides is 5. The quantitative estimate of drug-likeness (QED) is 0.0229. The van der Waals surface area contributed by atoms with Crippen molar-refractivity contribution in [3.8, 4) is 17.2 Å². The Labute approximate surface area is 800 Å². The minimum absolute atomic E-state index is 0.104. The Hall–Kier alpha value is -15.6. The molecule has 0 unspecified atom stereocenters. The number of ether oxygens (including phenoxy) is 3. The summed E-state index contributed by atoms with van der Waals surface area (Å²) in [5, 5.41) is 29.4. The van der Waals surface area contributed by atoms with Crippen LogP contribution < -0.4 is 87.1 Å². The topological polar surface area (TPSA) is 553 Å². The second-order valence-electron chi connectivity index (χ2n) is 30.7. The lowest BCUT2D eigenvalue weighted by molar-refractivity contribution is 0.0991. The van der Waals surface area contributed by atoms with E-state index in [0.29, 0.717) is 69.2 Å². The summed E-state index contributed by atoms with van der Waals surface area (Å²) < 4.78 is 58.8. The number of hydrogen-bond donors (Lipinski definition) is 15. The summed E-state index contributed by atoms with van der Waals surface area (Å²) in [4.78, 5) is 54.0. The number of carbonyl (C=O) groups is 5. The molecule has 0 saturated heterocycles. The number of nitrogens with one attached hydrogen (secondary N) is 3. The lowest BCUT2D eigenvalue weighted by Gasteiger charge is -2.10. The monoisotopic (exact) mass is 1880 g/mol. The Morgan fingerprint density at radius 2 is 0.706 bits per heavy atom. The maximum Gasteiger partial charge on any atom is 0.249 e. The molecule has 27 nitrogen and oxygen atoms in total. The molecule has 27 N–H and O–H groups in total. The minimum Gasteiger partial charge on any atom is -0.497 e. The van der Waals surface area contributed by atoms with Gasteiger partial charge in [0.1, 0.15) is 28.9 Å². The summed E-state index contributed by atoms with van der Waals surface area (Å²) in [5.41, 5.74) is 74.9. The van der Waals surface area contributed by atoms with E-state index < -0.39 is 31.9 Å². The van der Waals surface area contributed by atoms with E-state index in [1.807, 2.05) is 194 Å². The summed E-state index contributed by atoms with van der Waals surface area (Å²) in [6.07, 6.45) is 0. The van der Waals surface area contributed by atoms with Gasteiger partial charge in [0.2, 0.25) is 49.6 Å². The SMILES string of the molecule is COc1ccc(C)c(C(N)=O)c1.COc1ccc(C)c(CNc2ccccc2)c1.COc1ccc(C)c(S(N)(=O)=O)c1.Cc1cc2c(N)cccc2cc1C(N)=O.Cc1ccc(C(=N)N)cc1.Cc1ccc(C(N)=O)cc1.Cc1ccc(CN)cc1.Cc1cccc(C(=N)N)c1.Cc1cccc(C(N)=O)c1.Cc1cccc(CN)c1.Cc1ccccc1C(N)=O.Cc1ccccc1S(N)(=O)=O. The number of sulfonamides is 2. The van der Waals surface area contributed by atoms with Crippen molar-refractivity contribution in [2.24, 2.45) is 61.9 Å². The van der Waals surface area contributed by atoms with Crippen molar-refractivity contribution in [3.63, 3.8) is 0 Å². The molecule has 0 spiro atoms. The number of aryl methyl sites for hydroxylation is 12. The van der Waals surface area contributed by atoms with E-state index in [9.17, 15) is 40.8 Å². The highest BCUT2D eigenvalue weighted by atomic mass is 32.2. The van der Waals surface area contributed by atoms with Crippen LogP contribution in [0.3, 0.4) is 0 Å². The molecule has 0 aliphatic heterocycles. The fraction of sp³-hybridized carbons (Fsp3) is 0.168. The van der Waals surface area contributed by atoms with Gasteiger partial charge in [0.15, 0.2) is 0 Å². The van der Waals surface area contributed by atoms with Crippen LogP contribution >= 0.6 is 0 Å². The smallest absolute Gasteiger partial charge is 0.249 e. The molecule has 0 bridgehead atoms. The van der Waals surface area contributed by atoms with Crippen molar-refractivity contribution < 1.29 is 55.0 Å². The van der Waals surface area contributed by atoms with Crippen LogP contribution in [-0.4, -0.2) is 79.4 Å². The third-order valence-electron chi connectivity index (χ3n) is 19.6. The number of hydrogen-bond acceptors (Lipinski definition) is 18. The molecule has 0 aromatic heterocycles. The van der Waals surface area contributed by atoms with Crippen LogP contribution in [0.15, 0.2) is 319 Å². The van der Waals surface area contributed by atoms with Crippen LogP contribution in [0.5, 0.6) is 17.2 Å². The van der Waals surface area contributed by atoms with E-state index in [2.05, 4.69) is 86.8 Å². The van der Waals surface area contributed by atoms with Crippen LogP contribution in [0.2, 0.25) is 0 Å². The lowest BCUT2D eigenvalue weighted by Crippen LogP contribution is -2.13.